The van der Waals surface area contributed by atoms with Crippen molar-refractivity contribution in [3.05, 3.63) is 27.9 Å². The third-order valence-corrected chi connectivity index (χ3v) is 3.08. The summed E-state index contributed by atoms with van der Waals surface area (Å²) in [5.41, 5.74) is 0.0877. The minimum Gasteiger partial charge on any atom is -0.394 e. The van der Waals surface area contributed by atoms with Crippen LogP contribution in [0.15, 0.2) is 11.0 Å². The Bertz CT molecular complexity index is 550. The van der Waals surface area contributed by atoms with Gasteiger partial charge in [-0.25, -0.2) is 9.78 Å². The van der Waals surface area contributed by atoms with E-state index in [-0.39, 0.29) is 12.3 Å². The SMILES string of the molecule is C#Cc1[nH]c(=O)ncc1C1OC(CO)C(O)C1OC. The average Bonchev–Trinajstić information content (AvgIpc) is 2.74. The van der Waals surface area contributed by atoms with Crippen LogP contribution in [0.1, 0.15) is 17.4 Å². The Kier molecular flexibility index (Phi) is 3.97. The molecule has 1 aromatic heterocycles. The van der Waals surface area contributed by atoms with E-state index >= 15 is 0 Å². The van der Waals surface area contributed by atoms with Gasteiger partial charge < -0.3 is 19.7 Å². The normalized spacial score (nSPS) is 30.2. The molecule has 1 aliphatic heterocycles. The molecule has 0 saturated carbocycles. The van der Waals surface area contributed by atoms with Crippen molar-refractivity contribution in [3.8, 4) is 12.3 Å². The summed E-state index contributed by atoms with van der Waals surface area (Å²) in [7, 11) is 1.42. The van der Waals surface area contributed by atoms with E-state index in [4.69, 9.17) is 21.0 Å². The minimum atomic E-state index is -0.988. The van der Waals surface area contributed by atoms with Crippen LogP contribution in [0.4, 0.5) is 0 Å². The highest BCUT2D eigenvalue weighted by Crippen LogP contribution is 2.35. The molecular formula is C12H14N2O5. The molecule has 3 N–H and O–H groups in total. The Labute approximate surface area is 109 Å². The zero-order valence-corrected chi connectivity index (χ0v) is 10.2. The molecule has 102 valence electrons. The zero-order valence-electron chi connectivity index (χ0n) is 10.2. The van der Waals surface area contributed by atoms with Crippen LogP contribution >= 0.6 is 0 Å². The van der Waals surface area contributed by atoms with Gasteiger partial charge in [0.15, 0.2) is 0 Å². The number of terminal acetylenes is 1. The van der Waals surface area contributed by atoms with Crippen LogP contribution in [0.5, 0.6) is 0 Å². The van der Waals surface area contributed by atoms with E-state index in [2.05, 4.69) is 15.9 Å². The molecule has 0 amide bonds. The van der Waals surface area contributed by atoms with Gasteiger partial charge in [0, 0.05) is 18.9 Å². The van der Waals surface area contributed by atoms with Gasteiger partial charge in [0.25, 0.3) is 0 Å². The highest BCUT2D eigenvalue weighted by molar-refractivity contribution is 5.34. The fourth-order valence-corrected chi connectivity index (χ4v) is 2.14. The molecule has 19 heavy (non-hydrogen) atoms. The highest BCUT2D eigenvalue weighted by Gasteiger charge is 2.45. The number of hydrogen-bond donors (Lipinski definition) is 3. The fraction of sp³-hybridized carbons (Fsp3) is 0.500. The molecule has 1 saturated heterocycles. The lowest BCUT2D eigenvalue weighted by Gasteiger charge is -2.19. The van der Waals surface area contributed by atoms with Crippen molar-refractivity contribution in [2.24, 2.45) is 0 Å². The molecular weight excluding hydrogens is 252 g/mol. The largest absolute Gasteiger partial charge is 0.394 e. The standard InChI is InChI=1S/C12H14N2O5/c1-3-7-6(4-13-12(17)14-7)10-11(18-2)9(16)8(5-15)19-10/h1,4,8-11,15-16H,5H2,2H3,(H,13,14,17). The van der Waals surface area contributed by atoms with Gasteiger partial charge in [-0.1, -0.05) is 5.92 Å². The molecule has 1 aliphatic rings. The van der Waals surface area contributed by atoms with Crippen LogP contribution in [0, 0.1) is 12.3 Å². The van der Waals surface area contributed by atoms with Gasteiger partial charge >= 0.3 is 5.69 Å². The lowest BCUT2D eigenvalue weighted by molar-refractivity contribution is -0.0237. The van der Waals surface area contributed by atoms with Crippen molar-refractivity contribution in [2.45, 2.75) is 24.4 Å². The van der Waals surface area contributed by atoms with Crippen LogP contribution in [0.2, 0.25) is 0 Å². The molecule has 2 rings (SSSR count). The first-order chi connectivity index (χ1) is 9.12. The topological polar surface area (TPSA) is 105 Å². The number of H-pyrrole nitrogens is 1. The number of nitrogens with one attached hydrogen (secondary N) is 1. The summed E-state index contributed by atoms with van der Waals surface area (Å²) in [4.78, 5) is 17.1. The second-order valence-electron chi connectivity index (χ2n) is 4.13. The lowest BCUT2D eigenvalue weighted by Crippen LogP contribution is -2.34. The van der Waals surface area contributed by atoms with E-state index in [1.165, 1.54) is 13.3 Å². The van der Waals surface area contributed by atoms with E-state index in [0.717, 1.165) is 0 Å². The number of aromatic amines is 1. The Hall–Kier alpha value is -1.72. The van der Waals surface area contributed by atoms with Crippen molar-refractivity contribution < 1.29 is 19.7 Å². The van der Waals surface area contributed by atoms with E-state index < -0.39 is 30.1 Å². The molecule has 0 aliphatic carbocycles. The predicted octanol–water partition coefficient (Wildman–Crippen LogP) is -1.44. The maximum absolute atomic E-state index is 11.1. The number of rotatable bonds is 3. The third-order valence-electron chi connectivity index (χ3n) is 3.08. The van der Waals surface area contributed by atoms with Crippen molar-refractivity contribution >= 4 is 0 Å². The average molecular weight is 266 g/mol. The number of aliphatic hydroxyl groups excluding tert-OH is 2. The maximum Gasteiger partial charge on any atom is 0.345 e. The molecule has 7 heteroatoms. The first kappa shape index (κ1) is 13.7. The first-order valence-corrected chi connectivity index (χ1v) is 5.65. The molecule has 0 spiro atoms. The Balaban J connectivity index is 2.41. The third kappa shape index (κ3) is 2.39. The summed E-state index contributed by atoms with van der Waals surface area (Å²) in [5.74, 6) is 2.33. The molecule has 7 nitrogen and oxygen atoms in total. The number of aliphatic hydroxyl groups is 2. The van der Waals surface area contributed by atoms with Gasteiger partial charge in [0.1, 0.15) is 30.1 Å². The van der Waals surface area contributed by atoms with Crippen LogP contribution < -0.4 is 5.69 Å². The molecule has 0 radical (unpaired) electrons. The highest BCUT2D eigenvalue weighted by atomic mass is 16.6. The Morgan fingerprint density at radius 2 is 2.42 bits per heavy atom. The van der Waals surface area contributed by atoms with Crippen molar-refractivity contribution in [2.75, 3.05) is 13.7 Å². The van der Waals surface area contributed by atoms with Gasteiger partial charge in [0.05, 0.1) is 6.61 Å². The number of ether oxygens (including phenoxy) is 2. The van der Waals surface area contributed by atoms with E-state index in [1.54, 1.807) is 0 Å². The minimum absolute atomic E-state index is 0.220. The number of nitrogens with zero attached hydrogens (tertiary/aromatic N) is 1. The fourth-order valence-electron chi connectivity index (χ4n) is 2.14. The molecule has 4 unspecified atom stereocenters. The predicted molar refractivity (Wildman–Crippen MR) is 64.3 cm³/mol. The van der Waals surface area contributed by atoms with Crippen molar-refractivity contribution in [3.63, 3.8) is 0 Å². The summed E-state index contributed by atoms with van der Waals surface area (Å²) in [5, 5.41) is 19.1. The van der Waals surface area contributed by atoms with Crippen LogP contribution in [-0.2, 0) is 9.47 Å². The quantitative estimate of drug-likeness (QED) is 0.579. The summed E-state index contributed by atoms with van der Waals surface area (Å²) in [6, 6.07) is 0. The van der Waals surface area contributed by atoms with Crippen LogP contribution in [-0.4, -0.2) is 52.2 Å². The van der Waals surface area contributed by atoms with E-state index in [9.17, 15) is 9.90 Å². The number of hydrogen-bond acceptors (Lipinski definition) is 6. The lowest BCUT2D eigenvalue weighted by atomic mass is 10.0. The second kappa shape index (κ2) is 5.50. The molecule has 1 fully saturated rings. The van der Waals surface area contributed by atoms with Gasteiger partial charge in [-0.05, 0) is 0 Å². The van der Waals surface area contributed by atoms with Gasteiger partial charge in [-0.3, -0.25) is 4.98 Å². The summed E-state index contributed by atoms with van der Waals surface area (Å²) < 4.78 is 10.7. The monoisotopic (exact) mass is 266 g/mol. The van der Waals surface area contributed by atoms with Gasteiger partial charge in [-0.15, -0.1) is 6.42 Å². The molecule has 1 aromatic rings. The maximum atomic E-state index is 11.1. The summed E-state index contributed by atoms with van der Waals surface area (Å²) in [6.07, 6.45) is 3.45. The Morgan fingerprint density at radius 3 is 3.00 bits per heavy atom. The summed E-state index contributed by atoms with van der Waals surface area (Å²) >= 11 is 0. The first-order valence-electron chi connectivity index (χ1n) is 5.65. The van der Waals surface area contributed by atoms with Crippen LogP contribution in [0.3, 0.4) is 0 Å². The Morgan fingerprint density at radius 1 is 1.68 bits per heavy atom. The molecule has 0 aromatic carbocycles. The van der Waals surface area contributed by atoms with E-state index in [1.807, 2.05) is 0 Å². The van der Waals surface area contributed by atoms with Gasteiger partial charge in [0.2, 0.25) is 0 Å². The van der Waals surface area contributed by atoms with Gasteiger partial charge in [-0.2, -0.15) is 0 Å². The second-order valence-corrected chi connectivity index (χ2v) is 4.13. The van der Waals surface area contributed by atoms with Crippen LogP contribution in [0.25, 0.3) is 0 Å². The van der Waals surface area contributed by atoms with Crippen molar-refractivity contribution in [1.29, 1.82) is 0 Å². The molecule has 4 atom stereocenters. The smallest absolute Gasteiger partial charge is 0.345 e. The summed E-state index contributed by atoms with van der Waals surface area (Å²) in [6.45, 7) is -0.348. The van der Waals surface area contributed by atoms with Crippen molar-refractivity contribution in [1.82, 2.24) is 9.97 Å². The molecule has 0 bridgehead atoms. The molecule has 2 heterocycles. The number of aromatic nitrogens is 2. The van der Waals surface area contributed by atoms with E-state index in [0.29, 0.717) is 5.56 Å². The number of methoxy groups -OCH3 is 1. The zero-order chi connectivity index (χ0) is 14.0.